The van der Waals surface area contributed by atoms with Crippen LogP contribution in [0.1, 0.15) is 19.8 Å². The average Bonchev–Trinajstić information content (AvgIpc) is 2.50. The van der Waals surface area contributed by atoms with Crippen molar-refractivity contribution in [1.82, 2.24) is 4.90 Å². The highest BCUT2D eigenvalue weighted by atomic mass is 16.1. The summed E-state index contributed by atoms with van der Waals surface area (Å²) >= 11 is 0. The van der Waals surface area contributed by atoms with Gasteiger partial charge in [-0.2, -0.15) is 0 Å². The highest BCUT2D eigenvalue weighted by Gasteiger charge is 2.36. The van der Waals surface area contributed by atoms with Gasteiger partial charge in [0.2, 0.25) is 0 Å². The number of allylic oxidation sites excluding steroid dienone is 5. The molecule has 86 valence electrons. The Morgan fingerprint density at radius 1 is 1.44 bits per heavy atom. The molecule has 2 nitrogen and oxygen atoms in total. The second-order valence-electron chi connectivity index (χ2n) is 4.66. The number of hydrogen-bond acceptors (Lipinski definition) is 2. The van der Waals surface area contributed by atoms with Crippen LogP contribution in [0.3, 0.4) is 0 Å². The van der Waals surface area contributed by atoms with Crippen molar-refractivity contribution < 1.29 is 4.79 Å². The molecule has 0 aromatic rings. The Balaban J connectivity index is 2.23. The minimum atomic E-state index is 0.0717. The lowest BCUT2D eigenvalue weighted by Gasteiger charge is -2.23. The number of nitrogens with zero attached hydrogens (tertiary/aromatic N) is 1. The highest BCUT2D eigenvalue weighted by molar-refractivity contribution is 5.82. The second-order valence-corrected chi connectivity index (χ2v) is 4.66. The molecule has 1 aliphatic carbocycles. The minimum Gasteiger partial charge on any atom is -0.298 e. The van der Waals surface area contributed by atoms with Gasteiger partial charge in [0.15, 0.2) is 0 Å². The molecule has 2 rings (SSSR count). The van der Waals surface area contributed by atoms with Gasteiger partial charge in [0.05, 0.1) is 6.04 Å². The van der Waals surface area contributed by atoms with E-state index in [2.05, 4.69) is 35.3 Å². The minimum absolute atomic E-state index is 0.0717. The summed E-state index contributed by atoms with van der Waals surface area (Å²) in [5.74, 6) is 0.661. The van der Waals surface area contributed by atoms with E-state index in [0.717, 1.165) is 19.4 Å². The summed E-state index contributed by atoms with van der Waals surface area (Å²) < 4.78 is 0. The average molecular weight is 217 g/mol. The van der Waals surface area contributed by atoms with E-state index < -0.39 is 0 Å². The van der Waals surface area contributed by atoms with Crippen LogP contribution >= 0.6 is 0 Å². The maximum Gasteiger partial charge on any atom is 0.147 e. The van der Waals surface area contributed by atoms with Gasteiger partial charge < -0.3 is 0 Å². The van der Waals surface area contributed by atoms with Crippen LogP contribution in [0.5, 0.6) is 0 Å². The first-order chi connectivity index (χ1) is 7.70. The van der Waals surface area contributed by atoms with Gasteiger partial charge >= 0.3 is 0 Å². The smallest absolute Gasteiger partial charge is 0.147 e. The molecule has 1 aliphatic heterocycles. The zero-order valence-electron chi connectivity index (χ0n) is 10.0. The van der Waals surface area contributed by atoms with Crippen molar-refractivity contribution in [2.75, 3.05) is 13.6 Å². The Morgan fingerprint density at radius 3 is 3.00 bits per heavy atom. The molecule has 0 aromatic heterocycles. The fraction of sp³-hybridized carbons (Fsp3) is 0.500. The third-order valence-corrected chi connectivity index (χ3v) is 3.50. The molecule has 2 atom stereocenters. The van der Waals surface area contributed by atoms with E-state index in [-0.39, 0.29) is 11.8 Å². The van der Waals surface area contributed by atoms with Crippen LogP contribution in [0.4, 0.5) is 0 Å². The third-order valence-electron chi connectivity index (χ3n) is 3.50. The molecule has 2 aliphatic rings. The predicted octanol–water partition coefficient (Wildman–Crippen LogP) is 2.34. The summed E-state index contributed by atoms with van der Waals surface area (Å²) in [6.45, 7) is 2.72. The van der Waals surface area contributed by atoms with Gasteiger partial charge in [-0.05, 0) is 38.9 Å². The zero-order valence-corrected chi connectivity index (χ0v) is 10.0. The first-order valence-corrected chi connectivity index (χ1v) is 5.94. The molecule has 0 bridgehead atoms. The Kier molecular flexibility index (Phi) is 3.39. The quantitative estimate of drug-likeness (QED) is 0.707. The normalized spacial score (nSPS) is 30.2. The van der Waals surface area contributed by atoms with Gasteiger partial charge in [-0.15, -0.1) is 0 Å². The fourth-order valence-electron chi connectivity index (χ4n) is 2.73. The summed E-state index contributed by atoms with van der Waals surface area (Å²) in [7, 11) is 2.04. The number of hydrogen-bond donors (Lipinski definition) is 0. The van der Waals surface area contributed by atoms with E-state index in [9.17, 15) is 4.79 Å². The fourth-order valence-corrected chi connectivity index (χ4v) is 2.73. The van der Waals surface area contributed by atoms with E-state index in [1.807, 2.05) is 7.05 Å². The lowest BCUT2D eigenvalue weighted by molar-refractivity contribution is -0.121. The SMILES string of the molecule is CC(=O)C1C(C2=CC=CCC=C2)CCN1C. The Hall–Kier alpha value is -1.15. The number of likely N-dealkylation sites (N-methyl/N-ethyl adjacent to an activating group) is 1. The maximum atomic E-state index is 11.7. The molecule has 1 fully saturated rings. The summed E-state index contributed by atoms with van der Waals surface area (Å²) in [6.07, 6.45) is 12.8. The second kappa shape index (κ2) is 4.79. The van der Waals surface area contributed by atoms with Crippen molar-refractivity contribution in [3.05, 3.63) is 36.0 Å². The first kappa shape index (κ1) is 11.3. The number of ketones is 1. The molecule has 0 radical (unpaired) electrons. The van der Waals surface area contributed by atoms with Crippen molar-refractivity contribution in [2.45, 2.75) is 25.8 Å². The van der Waals surface area contributed by atoms with Crippen LogP contribution in [-0.4, -0.2) is 30.3 Å². The largest absolute Gasteiger partial charge is 0.298 e. The van der Waals surface area contributed by atoms with Gasteiger partial charge in [0.25, 0.3) is 0 Å². The van der Waals surface area contributed by atoms with Crippen molar-refractivity contribution in [1.29, 1.82) is 0 Å². The summed E-state index contributed by atoms with van der Waals surface area (Å²) in [5, 5.41) is 0. The zero-order chi connectivity index (χ0) is 11.5. The maximum absolute atomic E-state index is 11.7. The Bertz CT molecular complexity index is 365. The number of rotatable bonds is 2. The molecule has 0 amide bonds. The molecule has 0 saturated carbocycles. The van der Waals surface area contributed by atoms with Crippen LogP contribution in [0.25, 0.3) is 0 Å². The highest BCUT2D eigenvalue weighted by Crippen LogP contribution is 2.31. The molecule has 16 heavy (non-hydrogen) atoms. The molecule has 0 N–H and O–H groups in total. The van der Waals surface area contributed by atoms with Crippen LogP contribution in [0.2, 0.25) is 0 Å². The van der Waals surface area contributed by atoms with Crippen molar-refractivity contribution in [3.63, 3.8) is 0 Å². The predicted molar refractivity (Wildman–Crippen MR) is 66.2 cm³/mol. The van der Waals surface area contributed by atoms with Crippen molar-refractivity contribution in [3.8, 4) is 0 Å². The van der Waals surface area contributed by atoms with E-state index in [4.69, 9.17) is 0 Å². The lowest BCUT2D eigenvalue weighted by Crippen LogP contribution is -2.36. The van der Waals surface area contributed by atoms with Gasteiger partial charge in [0, 0.05) is 5.92 Å². The van der Waals surface area contributed by atoms with E-state index in [1.54, 1.807) is 6.92 Å². The third kappa shape index (κ3) is 2.17. The number of Topliss-reactive ketones (excluding diaryl/α,β-unsaturated/α-hetero) is 1. The van der Waals surface area contributed by atoms with E-state index in [0.29, 0.717) is 5.92 Å². The number of likely N-dealkylation sites (tertiary alicyclic amines) is 1. The molecule has 2 unspecified atom stereocenters. The van der Waals surface area contributed by atoms with Crippen LogP contribution < -0.4 is 0 Å². The number of carbonyl (C=O) groups excluding carboxylic acids is 1. The molecule has 1 saturated heterocycles. The van der Waals surface area contributed by atoms with Crippen LogP contribution in [-0.2, 0) is 4.79 Å². The van der Waals surface area contributed by atoms with Crippen LogP contribution in [0, 0.1) is 5.92 Å². The van der Waals surface area contributed by atoms with Crippen molar-refractivity contribution in [2.24, 2.45) is 5.92 Å². The molecule has 1 heterocycles. The summed E-state index contributed by atoms with van der Waals surface area (Å²) in [6, 6.07) is 0.0717. The molecule has 0 spiro atoms. The van der Waals surface area contributed by atoms with Gasteiger partial charge in [-0.25, -0.2) is 0 Å². The van der Waals surface area contributed by atoms with E-state index in [1.165, 1.54) is 5.57 Å². The van der Waals surface area contributed by atoms with Gasteiger partial charge in [-0.3, -0.25) is 9.69 Å². The van der Waals surface area contributed by atoms with Crippen LogP contribution in [0.15, 0.2) is 36.0 Å². The monoisotopic (exact) mass is 217 g/mol. The Labute approximate surface area is 97.3 Å². The summed E-state index contributed by atoms with van der Waals surface area (Å²) in [4.78, 5) is 13.9. The lowest BCUT2D eigenvalue weighted by atomic mass is 9.89. The molecule has 2 heteroatoms. The Morgan fingerprint density at radius 2 is 2.25 bits per heavy atom. The molecular formula is C14H19NO. The van der Waals surface area contributed by atoms with Crippen molar-refractivity contribution >= 4 is 5.78 Å². The molecular weight excluding hydrogens is 198 g/mol. The molecule has 0 aromatic carbocycles. The first-order valence-electron chi connectivity index (χ1n) is 5.94. The van der Waals surface area contributed by atoms with Gasteiger partial charge in [0.1, 0.15) is 5.78 Å². The topological polar surface area (TPSA) is 20.3 Å². The van der Waals surface area contributed by atoms with E-state index >= 15 is 0 Å². The standard InChI is InChI=1S/C14H19NO/c1-11(16)14-13(9-10-15(14)2)12-7-5-3-4-6-8-12/h3,5-8,13-14H,4,9-10H2,1-2H3. The number of carbonyl (C=O) groups is 1. The summed E-state index contributed by atoms with van der Waals surface area (Å²) in [5.41, 5.74) is 1.30. The van der Waals surface area contributed by atoms with Gasteiger partial charge in [-0.1, -0.05) is 30.4 Å².